The maximum Gasteiger partial charge on any atom is 0.255 e. The van der Waals surface area contributed by atoms with Gasteiger partial charge in [0.15, 0.2) is 0 Å². The number of rotatable bonds is 3. The zero-order valence-corrected chi connectivity index (χ0v) is 13.8. The smallest absolute Gasteiger partial charge is 0.255 e. The Morgan fingerprint density at radius 2 is 2.00 bits per heavy atom. The third-order valence-electron chi connectivity index (χ3n) is 2.56. The van der Waals surface area contributed by atoms with Crippen LogP contribution < -0.4 is 10.6 Å². The van der Waals surface area contributed by atoms with Crippen molar-refractivity contribution in [3.8, 4) is 0 Å². The van der Waals surface area contributed by atoms with Gasteiger partial charge < -0.3 is 10.6 Å². The number of hydrogen-bond donors (Lipinski definition) is 2. The number of halogens is 4. The first-order valence-corrected chi connectivity index (χ1v) is 7.27. The van der Waals surface area contributed by atoms with E-state index in [-0.39, 0.29) is 15.9 Å². The van der Waals surface area contributed by atoms with Crippen molar-refractivity contribution in [2.45, 2.75) is 0 Å². The first kappa shape index (κ1) is 16.0. The fourth-order valence-corrected chi connectivity index (χ4v) is 2.71. The molecule has 0 saturated carbocycles. The highest BCUT2D eigenvalue weighted by atomic mass is 79.9. The number of carbonyl (C=O) groups excluding carboxylic acids is 1. The molecule has 0 atom stereocenters. The molecule has 2 N–H and O–H groups in total. The topological polar surface area (TPSA) is 54.0 Å². The van der Waals surface area contributed by atoms with Crippen molar-refractivity contribution in [2.24, 2.45) is 0 Å². The van der Waals surface area contributed by atoms with E-state index in [2.05, 4.69) is 31.5 Å². The maximum atomic E-state index is 13.2. The van der Waals surface area contributed by atoms with Gasteiger partial charge in [0.05, 0.1) is 10.7 Å². The first-order chi connectivity index (χ1) is 9.90. The normalized spacial score (nSPS) is 10.3. The molecular formula is C13H9BrCl2FN3O. The monoisotopic (exact) mass is 391 g/mol. The molecule has 0 aliphatic heterocycles. The molecule has 110 valence electrons. The average Bonchev–Trinajstić information content (AvgIpc) is 2.41. The highest BCUT2D eigenvalue weighted by Crippen LogP contribution is 2.32. The minimum Gasteiger partial charge on any atom is -0.373 e. The molecule has 1 heterocycles. The Balaban J connectivity index is 2.32. The van der Waals surface area contributed by atoms with Crippen molar-refractivity contribution in [1.29, 1.82) is 0 Å². The van der Waals surface area contributed by atoms with Crippen LogP contribution in [0.3, 0.4) is 0 Å². The Morgan fingerprint density at radius 1 is 1.29 bits per heavy atom. The summed E-state index contributed by atoms with van der Waals surface area (Å²) in [5.74, 6) is -0.490. The van der Waals surface area contributed by atoms with Gasteiger partial charge in [-0.15, -0.1) is 0 Å². The molecule has 2 rings (SSSR count). The summed E-state index contributed by atoms with van der Waals surface area (Å²) in [7, 11) is 1.66. The number of benzene rings is 1. The predicted octanol–water partition coefficient (Wildman–Crippen LogP) is 4.58. The van der Waals surface area contributed by atoms with Crippen LogP contribution in [0.1, 0.15) is 10.4 Å². The molecule has 0 aliphatic carbocycles. The lowest BCUT2D eigenvalue weighted by Gasteiger charge is -2.10. The van der Waals surface area contributed by atoms with Crippen molar-refractivity contribution in [2.75, 3.05) is 17.7 Å². The third kappa shape index (κ3) is 3.84. The van der Waals surface area contributed by atoms with Crippen molar-refractivity contribution in [1.82, 2.24) is 4.98 Å². The number of hydrogen-bond acceptors (Lipinski definition) is 3. The summed E-state index contributed by atoms with van der Waals surface area (Å²) < 4.78 is 13.5. The van der Waals surface area contributed by atoms with Crippen LogP contribution in [0.2, 0.25) is 10.2 Å². The Kier molecular flexibility index (Phi) is 5.03. The van der Waals surface area contributed by atoms with E-state index in [1.807, 2.05) is 0 Å². The highest BCUT2D eigenvalue weighted by Gasteiger charge is 2.14. The number of nitrogens with zero attached hydrogens (tertiary/aromatic N) is 1. The number of pyridine rings is 1. The van der Waals surface area contributed by atoms with E-state index in [0.29, 0.717) is 15.9 Å². The van der Waals surface area contributed by atoms with E-state index >= 15 is 0 Å². The highest BCUT2D eigenvalue weighted by molar-refractivity contribution is 9.10. The van der Waals surface area contributed by atoms with Crippen LogP contribution in [0.5, 0.6) is 0 Å². The summed E-state index contributed by atoms with van der Waals surface area (Å²) in [4.78, 5) is 16.2. The van der Waals surface area contributed by atoms with E-state index in [4.69, 9.17) is 23.2 Å². The molecule has 0 fully saturated rings. The van der Waals surface area contributed by atoms with Gasteiger partial charge in [0.1, 0.15) is 16.8 Å². The predicted molar refractivity (Wildman–Crippen MR) is 85.9 cm³/mol. The largest absolute Gasteiger partial charge is 0.373 e. The molecule has 1 amide bonds. The molecule has 2 aromatic rings. The SMILES string of the molecule is CNc1cc(C(=O)Nc2c(Cl)cc(F)cc2Br)cc(Cl)n1. The standard InChI is InChI=1S/C13H9BrCl2FN3O/c1-18-11-3-6(2-10(16)19-11)13(21)20-12-8(14)4-7(17)5-9(12)15/h2-5H,1H3,(H,18,19)(H,20,21). The van der Waals surface area contributed by atoms with Crippen LogP contribution in [-0.2, 0) is 0 Å². The van der Waals surface area contributed by atoms with Crippen LogP contribution in [0.4, 0.5) is 15.9 Å². The summed E-state index contributed by atoms with van der Waals surface area (Å²) in [6.45, 7) is 0. The fraction of sp³-hybridized carbons (Fsp3) is 0.0769. The molecule has 1 aromatic carbocycles. The number of anilines is 2. The lowest BCUT2D eigenvalue weighted by molar-refractivity contribution is 0.102. The molecule has 0 radical (unpaired) electrons. The quantitative estimate of drug-likeness (QED) is 0.751. The fourth-order valence-electron chi connectivity index (χ4n) is 1.60. The van der Waals surface area contributed by atoms with Crippen LogP contribution in [0.15, 0.2) is 28.7 Å². The number of carbonyl (C=O) groups is 1. The van der Waals surface area contributed by atoms with Crippen LogP contribution >= 0.6 is 39.1 Å². The van der Waals surface area contributed by atoms with Gasteiger partial charge in [-0.25, -0.2) is 9.37 Å². The van der Waals surface area contributed by atoms with Gasteiger partial charge >= 0.3 is 0 Å². The molecule has 0 bridgehead atoms. The first-order valence-electron chi connectivity index (χ1n) is 5.72. The average molecular weight is 393 g/mol. The molecule has 21 heavy (non-hydrogen) atoms. The second-order valence-corrected chi connectivity index (χ2v) is 5.66. The van der Waals surface area contributed by atoms with Gasteiger partial charge in [-0.3, -0.25) is 4.79 Å². The number of nitrogens with one attached hydrogen (secondary N) is 2. The number of amides is 1. The molecule has 0 saturated heterocycles. The molecule has 0 spiro atoms. The van der Waals surface area contributed by atoms with Crippen molar-refractivity contribution in [3.63, 3.8) is 0 Å². The van der Waals surface area contributed by atoms with E-state index in [9.17, 15) is 9.18 Å². The van der Waals surface area contributed by atoms with Gasteiger partial charge in [-0.1, -0.05) is 23.2 Å². The summed E-state index contributed by atoms with van der Waals surface area (Å²) in [5.41, 5.74) is 0.577. The maximum absolute atomic E-state index is 13.2. The van der Waals surface area contributed by atoms with Gasteiger partial charge in [-0.2, -0.15) is 0 Å². The van der Waals surface area contributed by atoms with Gasteiger partial charge in [0, 0.05) is 17.1 Å². The second kappa shape index (κ2) is 6.60. The summed E-state index contributed by atoms with van der Waals surface area (Å²) in [6.07, 6.45) is 0. The lowest BCUT2D eigenvalue weighted by atomic mass is 10.2. The zero-order valence-electron chi connectivity index (χ0n) is 10.7. The van der Waals surface area contributed by atoms with Gasteiger partial charge in [-0.05, 0) is 40.2 Å². The second-order valence-electron chi connectivity index (χ2n) is 4.01. The molecule has 4 nitrogen and oxygen atoms in total. The van der Waals surface area contributed by atoms with E-state index in [1.165, 1.54) is 18.2 Å². The van der Waals surface area contributed by atoms with Crippen molar-refractivity contribution in [3.05, 3.63) is 50.3 Å². The van der Waals surface area contributed by atoms with Crippen LogP contribution in [0, 0.1) is 5.82 Å². The summed E-state index contributed by atoms with van der Waals surface area (Å²) >= 11 is 14.9. The Labute approximate surface area is 138 Å². The Morgan fingerprint density at radius 3 is 2.62 bits per heavy atom. The van der Waals surface area contributed by atoms with E-state index < -0.39 is 11.7 Å². The van der Waals surface area contributed by atoms with Gasteiger partial charge in [0.25, 0.3) is 5.91 Å². The Hall–Kier alpha value is -1.37. The molecule has 8 heteroatoms. The summed E-state index contributed by atoms with van der Waals surface area (Å²) in [5, 5.41) is 5.66. The molecule has 0 unspecified atom stereocenters. The van der Waals surface area contributed by atoms with Gasteiger partial charge in [0.2, 0.25) is 0 Å². The summed E-state index contributed by atoms with van der Waals surface area (Å²) in [6, 6.07) is 5.27. The Bertz CT molecular complexity index is 689. The lowest BCUT2D eigenvalue weighted by Crippen LogP contribution is -2.13. The van der Waals surface area contributed by atoms with Crippen LogP contribution in [0.25, 0.3) is 0 Å². The van der Waals surface area contributed by atoms with E-state index in [1.54, 1.807) is 7.05 Å². The molecular weight excluding hydrogens is 384 g/mol. The third-order valence-corrected chi connectivity index (χ3v) is 3.67. The minimum absolute atomic E-state index is 0.0872. The molecule has 1 aromatic heterocycles. The van der Waals surface area contributed by atoms with Crippen molar-refractivity contribution < 1.29 is 9.18 Å². The minimum atomic E-state index is -0.505. The molecule has 0 aliphatic rings. The van der Waals surface area contributed by atoms with Crippen LogP contribution in [-0.4, -0.2) is 17.9 Å². The zero-order chi connectivity index (χ0) is 15.6. The number of aromatic nitrogens is 1. The van der Waals surface area contributed by atoms with Crippen molar-refractivity contribution >= 4 is 56.5 Å². The van der Waals surface area contributed by atoms with E-state index in [0.717, 1.165) is 6.07 Å².